The molecule has 0 radical (unpaired) electrons. The van der Waals surface area contributed by atoms with Crippen molar-refractivity contribution in [2.24, 2.45) is 0 Å². The fourth-order valence-electron chi connectivity index (χ4n) is 5.59. The Morgan fingerprint density at radius 3 is 1.86 bits per heavy atom. The van der Waals surface area contributed by atoms with Crippen LogP contribution in [0.4, 0.5) is 17.6 Å². The lowest BCUT2D eigenvalue weighted by Gasteiger charge is -2.36. The van der Waals surface area contributed by atoms with E-state index in [1.807, 2.05) is 24.3 Å². The molecule has 37 heavy (non-hydrogen) atoms. The molecule has 0 spiro atoms. The van der Waals surface area contributed by atoms with E-state index in [0.29, 0.717) is 0 Å². The van der Waals surface area contributed by atoms with E-state index in [1.54, 1.807) is 7.11 Å². The van der Waals surface area contributed by atoms with E-state index < -0.39 is 0 Å². The van der Waals surface area contributed by atoms with Gasteiger partial charge in [-0.25, -0.2) is 0 Å². The Bertz CT molecular complexity index is 917. The van der Waals surface area contributed by atoms with Gasteiger partial charge in [0.1, 0.15) is 23.1 Å². The van der Waals surface area contributed by atoms with Crippen LogP contribution in [-0.2, 0) is 0 Å². The van der Waals surface area contributed by atoms with Crippen molar-refractivity contribution < 1.29 is 9.47 Å². The van der Waals surface area contributed by atoms with Crippen LogP contribution in [0.5, 0.6) is 11.5 Å². The van der Waals surface area contributed by atoms with Gasteiger partial charge in [0, 0.05) is 58.4 Å². The molecule has 3 aliphatic heterocycles. The molecule has 3 fully saturated rings. The summed E-state index contributed by atoms with van der Waals surface area (Å²) in [5.74, 6) is 4.97. The van der Waals surface area contributed by atoms with Gasteiger partial charge in [-0.1, -0.05) is 12.8 Å². The Labute approximate surface area is 222 Å². The van der Waals surface area contributed by atoms with Crippen molar-refractivity contribution in [2.75, 3.05) is 87.3 Å². The van der Waals surface area contributed by atoms with Crippen molar-refractivity contribution in [1.82, 2.24) is 14.9 Å². The highest BCUT2D eigenvalue weighted by Gasteiger charge is 2.24. The van der Waals surface area contributed by atoms with Gasteiger partial charge in [0.2, 0.25) is 5.95 Å². The van der Waals surface area contributed by atoms with Crippen LogP contribution in [-0.4, -0.2) is 87.5 Å². The highest BCUT2D eigenvalue weighted by atomic mass is 16.5. The van der Waals surface area contributed by atoms with Crippen LogP contribution in [0.2, 0.25) is 0 Å². The van der Waals surface area contributed by atoms with E-state index in [0.717, 1.165) is 94.5 Å². The van der Waals surface area contributed by atoms with E-state index in [2.05, 4.69) is 25.7 Å². The Morgan fingerprint density at radius 1 is 0.649 bits per heavy atom. The number of ether oxygens (including phenoxy) is 2. The van der Waals surface area contributed by atoms with Crippen molar-refractivity contribution in [2.45, 2.75) is 51.4 Å². The molecular weight excluding hydrogens is 464 g/mol. The van der Waals surface area contributed by atoms with Crippen LogP contribution in [0.25, 0.3) is 0 Å². The summed E-state index contributed by atoms with van der Waals surface area (Å²) in [5.41, 5.74) is 0. The third-order valence-corrected chi connectivity index (χ3v) is 7.90. The lowest BCUT2D eigenvalue weighted by atomic mass is 10.2. The van der Waals surface area contributed by atoms with Gasteiger partial charge in [0.15, 0.2) is 0 Å². The zero-order valence-corrected chi connectivity index (χ0v) is 22.6. The maximum atomic E-state index is 5.85. The number of aromatic nitrogens is 2. The lowest BCUT2D eigenvalue weighted by Crippen LogP contribution is -2.47. The molecule has 0 unspecified atom stereocenters. The summed E-state index contributed by atoms with van der Waals surface area (Å²) < 4.78 is 11.0. The van der Waals surface area contributed by atoms with Crippen LogP contribution in [0.15, 0.2) is 30.3 Å². The second-order valence-corrected chi connectivity index (χ2v) is 10.5. The minimum Gasteiger partial charge on any atom is -0.497 e. The smallest absolute Gasteiger partial charge is 0.229 e. The van der Waals surface area contributed by atoms with Gasteiger partial charge in [-0.05, 0) is 69.3 Å². The van der Waals surface area contributed by atoms with E-state index in [1.165, 1.54) is 51.5 Å². The summed E-state index contributed by atoms with van der Waals surface area (Å²) in [6.07, 6.45) is 9.88. The van der Waals surface area contributed by atoms with Crippen LogP contribution in [0, 0.1) is 0 Å². The summed E-state index contributed by atoms with van der Waals surface area (Å²) in [4.78, 5) is 20.0. The molecule has 3 aliphatic rings. The molecule has 3 saturated heterocycles. The first-order chi connectivity index (χ1) is 18.3. The average molecular weight is 509 g/mol. The van der Waals surface area contributed by atoms with E-state index in [4.69, 9.17) is 19.4 Å². The van der Waals surface area contributed by atoms with Crippen molar-refractivity contribution >= 4 is 17.6 Å². The second-order valence-electron chi connectivity index (χ2n) is 10.5. The van der Waals surface area contributed by atoms with E-state index in [-0.39, 0.29) is 0 Å². The van der Waals surface area contributed by atoms with Gasteiger partial charge in [0.05, 0.1) is 13.7 Å². The molecule has 1 aromatic carbocycles. The fraction of sp³-hybridized carbons (Fsp3) is 0.655. The van der Waals surface area contributed by atoms with Gasteiger partial charge < -0.3 is 24.2 Å². The Balaban J connectivity index is 1.02. The zero-order chi connectivity index (χ0) is 25.3. The van der Waals surface area contributed by atoms with E-state index in [9.17, 15) is 0 Å². The highest BCUT2D eigenvalue weighted by molar-refractivity contribution is 5.56. The monoisotopic (exact) mass is 508 g/mol. The maximum Gasteiger partial charge on any atom is 0.229 e. The first-order valence-corrected chi connectivity index (χ1v) is 14.4. The molecule has 0 N–H and O–H groups in total. The molecule has 8 nitrogen and oxygen atoms in total. The Kier molecular flexibility index (Phi) is 9.22. The second kappa shape index (κ2) is 13.2. The largest absolute Gasteiger partial charge is 0.497 e. The number of benzene rings is 1. The predicted octanol–water partition coefficient (Wildman–Crippen LogP) is 4.45. The standard InChI is InChI=1S/C29H44N6O2/c1-36-25-10-12-26(13-11-25)37-23-9-3-2-4-14-32-19-21-34(22-20-32)28-24-27(33-15-5-6-16-33)30-29(31-28)35-17-7-8-18-35/h10-13,24H,2-9,14-23H2,1H3. The zero-order valence-electron chi connectivity index (χ0n) is 22.6. The molecular formula is C29H44N6O2. The first kappa shape index (κ1) is 25.9. The van der Waals surface area contributed by atoms with Gasteiger partial charge in [-0.2, -0.15) is 9.97 Å². The molecule has 2 aromatic rings. The van der Waals surface area contributed by atoms with Crippen molar-refractivity contribution in [1.29, 1.82) is 0 Å². The van der Waals surface area contributed by atoms with Crippen molar-refractivity contribution in [3.8, 4) is 11.5 Å². The number of anilines is 3. The van der Waals surface area contributed by atoms with Crippen LogP contribution in [0.1, 0.15) is 51.4 Å². The number of hydrogen-bond acceptors (Lipinski definition) is 8. The molecule has 0 amide bonds. The van der Waals surface area contributed by atoms with Crippen LogP contribution in [0.3, 0.4) is 0 Å². The lowest BCUT2D eigenvalue weighted by molar-refractivity contribution is 0.249. The SMILES string of the molecule is COc1ccc(OCCCCCCN2CCN(c3cc(N4CCCC4)nc(N4CCCC4)n3)CC2)cc1. The molecule has 202 valence electrons. The van der Waals surface area contributed by atoms with Gasteiger partial charge >= 0.3 is 0 Å². The number of hydrogen-bond donors (Lipinski definition) is 0. The molecule has 1 aromatic heterocycles. The minimum atomic E-state index is 0.781. The van der Waals surface area contributed by atoms with Crippen LogP contribution >= 0.6 is 0 Å². The quantitative estimate of drug-likeness (QED) is 0.390. The molecule has 0 saturated carbocycles. The van der Waals surface area contributed by atoms with Gasteiger partial charge in [-0.3, -0.25) is 4.90 Å². The fourth-order valence-corrected chi connectivity index (χ4v) is 5.59. The van der Waals surface area contributed by atoms with Gasteiger partial charge in [-0.15, -0.1) is 0 Å². The normalized spacial score (nSPS) is 18.6. The Morgan fingerprint density at radius 2 is 1.22 bits per heavy atom. The van der Waals surface area contributed by atoms with Crippen molar-refractivity contribution in [3.05, 3.63) is 30.3 Å². The highest BCUT2D eigenvalue weighted by Crippen LogP contribution is 2.28. The number of rotatable bonds is 12. The number of unbranched alkanes of at least 4 members (excludes halogenated alkanes) is 3. The summed E-state index contributed by atoms with van der Waals surface area (Å²) in [6, 6.07) is 10.1. The van der Waals surface area contributed by atoms with Crippen molar-refractivity contribution in [3.63, 3.8) is 0 Å². The average Bonchev–Trinajstić information content (AvgIpc) is 3.68. The summed E-state index contributed by atoms with van der Waals surface area (Å²) >= 11 is 0. The molecule has 0 atom stereocenters. The topological polar surface area (TPSA) is 57.2 Å². The molecule has 0 bridgehead atoms. The molecule has 8 heteroatoms. The summed E-state index contributed by atoms with van der Waals surface area (Å²) in [5, 5.41) is 0. The predicted molar refractivity (Wildman–Crippen MR) is 151 cm³/mol. The maximum absolute atomic E-state index is 5.85. The minimum absolute atomic E-state index is 0.781. The Hall–Kier alpha value is -2.74. The first-order valence-electron chi connectivity index (χ1n) is 14.4. The summed E-state index contributed by atoms with van der Waals surface area (Å²) in [7, 11) is 1.68. The molecule has 0 aliphatic carbocycles. The molecule has 5 rings (SSSR count). The van der Waals surface area contributed by atoms with E-state index >= 15 is 0 Å². The third kappa shape index (κ3) is 7.18. The molecule has 4 heterocycles. The van der Waals surface area contributed by atoms with Gasteiger partial charge in [0.25, 0.3) is 0 Å². The number of piperazine rings is 1. The summed E-state index contributed by atoms with van der Waals surface area (Å²) in [6.45, 7) is 10.7. The number of methoxy groups -OCH3 is 1. The van der Waals surface area contributed by atoms with Crippen LogP contribution < -0.4 is 24.2 Å². The number of nitrogens with zero attached hydrogens (tertiary/aromatic N) is 6. The third-order valence-electron chi connectivity index (χ3n) is 7.90.